The molecule has 1 rings (SSSR count). The number of hydrogen-bond donors (Lipinski definition) is 1. The van der Waals surface area contributed by atoms with Crippen molar-refractivity contribution in [2.24, 2.45) is 0 Å². The maximum absolute atomic E-state index is 12.1. The van der Waals surface area contributed by atoms with Crippen molar-refractivity contribution in [3.05, 3.63) is 0 Å². The molecule has 100 valence electrons. The van der Waals surface area contributed by atoms with Crippen molar-refractivity contribution in [2.75, 3.05) is 13.2 Å². The summed E-state index contributed by atoms with van der Waals surface area (Å²) in [5.41, 5.74) is 0. The second-order valence-corrected chi connectivity index (χ2v) is 5.08. The van der Waals surface area contributed by atoms with Crippen LogP contribution >= 0.6 is 0 Å². The highest BCUT2D eigenvalue weighted by Gasteiger charge is 2.23. The van der Waals surface area contributed by atoms with Crippen molar-refractivity contribution < 1.29 is 9.90 Å². The van der Waals surface area contributed by atoms with E-state index in [1.807, 2.05) is 4.90 Å². The van der Waals surface area contributed by atoms with Crippen LogP contribution in [0.4, 0.5) is 0 Å². The van der Waals surface area contributed by atoms with Crippen molar-refractivity contribution in [2.45, 2.75) is 70.8 Å². The lowest BCUT2D eigenvalue weighted by Gasteiger charge is -2.28. The van der Waals surface area contributed by atoms with Crippen LogP contribution in [0.5, 0.6) is 0 Å². The SMILES string of the molecule is CCCCCCC(=O)N1CCCCCC1CO. The lowest BCUT2D eigenvalue weighted by Crippen LogP contribution is -2.41. The van der Waals surface area contributed by atoms with Gasteiger partial charge in [-0.1, -0.05) is 39.0 Å². The van der Waals surface area contributed by atoms with E-state index in [2.05, 4.69) is 6.92 Å². The first-order valence-corrected chi connectivity index (χ1v) is 7.20. The third kappa shape index (κ3) is 5.07. The zero-order valence-electron chi connectivity index (χ0n) is 11.2. The molecule has 17 heavy (non-hydrogen) atoms. The van der Waals surface area contributed by atoms with Crippen LogP contribution in [0.15, 0.2) is 0 Å². The molecule has 1 amide bonds. The summed E-state index contributed by atoms with van der Waals surface area (Å²) >= 11 is 0. The van der Waals surface area contributed by atoms with Gasteiger partial charge in [-0.15, -0.1) is 0 Å². The van der Waals surface area contributed by atoms with Crippen molar-refractivity contribution in [3.63, 3.8) is 0 Å². The van der Waals surface area contributed by atoms with Crippen LogP contribution < -0.4 is 0 Å². The monoisotopic (exact) mass is 241 g/mol. The molecule has 1 unspecified atom stereocenters. The minimum atomic E-state index is 0.0798. The molecule has 0 radical (unpaired) electrons. The van der Waals surface area contributed by atoms with E-state index in [-0.39, 0.29) is 18.6 Å². The molecule has 1 heterocycles. The Morgan fingerprint density at radius 2 is 2.06 bits per heavy atom. The molecule has 0 bridgehead atoms. The molecule has 1 N–H and O–H groups in total. The van der Waals surface area contributed by atoms with E-state index in [9.17, 15) is 9.90 Å². The number of aliphatic hydroxyl groups excluding tert-OH is 1. The number of unbranched alkanes of at least 4 members (excludes halogenated alkanes) is 3. The van der Waals surface area contributed by atoms with Crippen LogP contribution in [0, 0.1) is 0 Å². The second kappa shape index (κ2) is 8.51. The Kier molecular flexibility index (Phi) is 7.25. The summed E-state index contributed by atoms with van der Waals surface area (Å²) in [7, 11) is 0. The Morgan fingerprint density at radius 1 is 1.24 bits per heavy atom. The van der Waals surface area contributed by atoms with Crippen molar-refractivity contribution in [1.29, 1.82) is 0 Å². The second-order valence-electron chi connectivity index (χ2n) is 5.08. The van der Waals surface area contributed by atoms with E-state index < -0.39 is 0 Å². The van der Waals surface area contributed by atoms with Gasteiger partial charge in [0.2, 0.25) is 5.91 Å². The van der Waals surface area contributed by atoms with E-state index in [1.54, 1.807) is 0 Å². The van der Waals surface area contributed by atoms with E-state index in [4.69, 9.17) is 0 Å². The zero-order valence-corrected chi connectivity index (χ0v) is 11.2. The number of nitrogens with zero attached hydrogens (tertiary/aromatic N) is 1. The van der Waals surface area contributed by atoms with E-state index in [1.165, 1.54) is 19.3 Å². The summed E-state index contributed by atoms with van der Waals surface area (Å²) < 4.78 is 0. The molecule has 0 aromatic carbocycles. The third-order valence-corrected chi connectivity index (χ3v) is 3.65. The lowest BCUT2D eigenvalue weighted by molar-refractivity contribution is -0.134. The van der Waals surface area contributed by atoms with Gasteiger partial charge in [-0.25, -0.2) is 0 Å². The molecule has 0 spiro atoms. The summed E-state index contributed by atoms with van der Waals surface area (Å²) in [6.45, 7) is 3.15. The van der Waals surface area contributed by atoms with Gasteiger partial charge in [0, 0.05) is 13.0 Å². The Labute approximate surface area is 105 Å². The Hall–Kier alpha value is -0.570. The van der Waals surface area contributed by atoms with Crippen molar-refractivity contribution in [1.82, 2.24) is 4.90 Å². The molecular weight excluding hydrogens is 214 g/mol. The molecule has 1 aliphatic heterocycles. The van der Waals surface area contributed by atoms with Crippen LogP contribution in [-0.2, 0) is 4.79 Å². The molecule has 1 aliphatic rings. The number of likely N-dealkylation sites (tertiary alicyclic amines) is 1. The Bertz CT molecular complexity index is 218. The summed E-state index contributed by atoms with van der Waals surface area (Å²) in [5, 5.41) is 9.35. The number of aliphatic hydroxyl groups is 1. The van der Waals surface area contributed by atoms with Crippen LogP contribution in [0.3, 0.4) is 0 Å². The number of rotatable bonds is 6. The third-order valence-electron chi connectivity index (χ3n) is 3.65. The average molecular weight is 241 g/mol. The van der Waals surface area contributed by atoms with Gasteiger partial charge in [0.15, 0.2) is 0 Å². The summed E-state index contributed by atoms with van der Waals surface area (Å²) in [6, 6.07) is 0.0798. The predicted octanol–water partition coefficient (Wildman–Crippen LogP) is 2.72. The predicted molar refractivity (Wildman–Crippen MR) is 69.8 cm³/mol. The minimum Gasteiger partial charge on any atom is -0.394 e. The highest BCUT2D eigenvalue weighted by atomic mass is 16.3. The van der Waals surface area contributed by atoms with Crippen molar-refractivity contribution >= 4 is 5.91 Å². The quantitative estimate of drug-likeness (QED) is 0.726. The van der Waals surface area contributed by atoms with Gasteiger partial charge in [-0.05, 0) is 19.3 Å². The average Bonchev–Trinajstić information content (AvgIpc) is 2.59. The van der Waals surface area contributed by atoms with Gasteiger partial charge < -0.3 is 10.0 Å². The van der Waals surface area contributed by atoms with Crippen LogP contribution in [-0.4, -0.2) is 35.1 Å². The smallest absolute Gasteiger partial charge is 0.222 e. The maximum atomic E-state index is 12.1. The molecular formula is C14H27NO2. The fraction of sp³-hybridized carbons (Fsp3) is 0.929. The maximum Gasteiger partial charge on any atom is 0.222 e. The van der Waals surface area contributed by atoms with Crippen molar-refractivity contribution in [3.8, 4) is 0 Å². The number of hydrogen-bond acceptors (Lipinski definition) is 2. The van der Waals surface area contributed by atoms with Gasteiger partial charge in [-0.3, -0.25) is 4.79 Å². The van der Waals surface area contributed by atoms with Gasteiger partial charge >= 0.3 is 0 Å². The molecule has 0 aliphatic carbocycles. The normalized spacial score (nSPS) is 21.3. The standard InChI is InChI=1S/C14H27NO2/c1-2-3-4-7-10-14(17)15-11-8-5-6-9-13(15)12-16/h13,16H,2-12H2,1H3. The topological polar surface area (TPSA) is 40.5 Å². The molecule has 1 saturated heterocycles. The number of carbonyl (C=O) groups is 1. The number of amides is 1. The fourth-order valence-corrected chi connectivity index (χ4v) is 2.54. The summed E-state index contributed by atoms with van der Waals surface area (Å²) in [6.07, 6.45) is 9.64. The van der Waals surface area contributed by atoms with Gasteiger partial charge in [0.25, 0.3) is 0 Å². The molecule has 0 aromatic heterocycles. The largest absolute Gasteiger partial charge is 0.394 e. The van der Waals surface area contributed by atoms with Crippen LogP contribution in [0.25, 0.3) is 0 Å². The summed E-state index contributed by atoms with van der Waals surface area (Å²) in [5.74, 6) is 0.252. The van der Waals surface area contributed by atoms with Crippen LogP contribution in [0.2, 0.25) is 0 Å². The van der Waals surface area contributed by atoms with Gasteiger partial charge in [-0.2, -0.15) is 0 Å². The molecule has 1 atom stereocenters. The van der Waals surface area contributed by atoms with E-state index >= 15 is 0 Å². The first-order chi connectivity index (χ1) is 8.29. The molecule has 3 nitrogen and oxygen atoms in total. The molecule has 1 fully saturated rings. The van der Waals surface area contributed by atoms with E-state index in [0.717, 1.165) is 38.6 Å². The fourth-order valence-electron chi connectivity index (χ4n) is 2.54. The van der Waals surface area contributed by atoms with Crippen LogP contribution in [0.1, 0.15) is 64.7 Å². The van der Waals surface area contributed by atoms with E-state index in [0.29, 0.717) is 6.42 Å². The van der Waals surface area contributed by atoms with Gasteiger partial charge in [0.1, 0.15) is 0 Å². The number of carbonyl (C=O) groups excluding carboxylic acids is 1. The molecule has 0 saturated carbocycles. The van der Waals surface area contributed by atoms with Gasteiger partial charge in [0.05, 0.1) is 12.6 Å². The highest BCUT2D eigenvalue weighted by Crippen LogP contribution is 2.18. The first kappa shape index (κ1) is 14.5. The summed E-state index contributed by atoms with van der Waals surface area (Å²) in [4.78, 5) is 14.0. The molecule has 0 aromatic rings. The minimum absolute atomic E-state index is 0.0798. The Morgan fingerprint density at radius 3 is 2.76 bits per heavy atom. The first-order valence-electron chi connectivity index (χ1n) is 7.20. The Balaban J connectivity index is 2.35. The zero-order chi connectivity index (χ0) is 12.5. The highest BCUT2D eigenvalue weighted by molar-refractivity contribution is 5.76. The lowest BCUT2D eigenvalue weighted by atomic mass is 10.1. The molecule has 3 heteroatoms.